The van der Waals surface area contributed by atoms with Gasteiger partial charge in [0.15, 0.2) is 0 Å². The number of carboxylic acid groups (broad SMARTS) is 1. The molecule has 0 aromatic carbocycles. The van der Waals surface area contributed by atoms with Gasteiger partial charge >= 0.3 is 5.97 Å². The molecule has 0 radical (unpaired) electrons. The topological polar surface area (TPSA) is 148 Å². The van der Waals surface area contributed by atoms with Gasteiger partial charge in [0.25, 0.3) is 0 Å². The average Bonchev–Trinajstić information content (AvgIpc) is 2.24. The highest BCUT2D eigenvalue weighted by Crippen LogP contribution is 1.88. The first-order chi connectivity index (χ1) is 7.79. The highest BCUT2D eigenvalue weighted by molar-refractivity contribution is 5.91. The van der Waals surface area contributed by atoms with Gasteiger partial charge in [0.2, 0.25) is 11.8 Å². The molecule has 17 heavy (non-hydrogen) atoms. The SMILES string of the molecule is C[C@H](N)C(=O)N[C@@H](CN)C(=O)N[C@@H](C)C(=O)O. The molecular formula is C9H18N4O4. The maximum atomic E-state index is 11.5. The fourth-order valence-electron chi connectivity index (χ4n) is 0.910. The van der Waals surface area contributed by atoms with Crippen LogP contribution in [0.1, 0.15) is 13.8 Å². The van der Waals surface area contributed by atoms with E-state index in [0.29, 0.717) is 0 Å². The Kier molecular flexibility index (Phi) is 6.15. The van der Waals surface area contributed by atoms with Gasteiger partial charge < -0.3 is 27.2 Å². The molecule has 0 unspecified atom stereocenters. The number of nitrogens with two attached hydrogens (primary N) is 2. The Morgan fingerprint density at radius 1 is 1.18 bits per heavy atom. The van der Waals surface area contributed by atoms with E-state index in [1.165, 1.54) is 13.8 Å². The van der Waals surface area contributed by atoms with E-state index in [1.807, 2.05) is 0 Å². The number of amides is 2. The molecule has 0 spiro atoms. The molecule has 0 saturated heterocycles. The van der Waals surface area contributed by atoms with Crippen LogP contribution in [0.3, 0.4) is 0 Å². The van der Waals surface area contributed by atoms with Crippen molar-refractivity contribution in [3.05, 3.63) is 0 Å². The summed E-state index contributed by atoms with van der Waals surface area (Å²) in [5.74, 6) is -2.36. The summed E-state index contributed by atoms with van der Waals surface area (Å²) in [6.45, 7) is 2.62. The Labute approximate surface area is 98.7 Å². The van der Waals surface area contributed by atoms with Crippen molar-refractivity contribution < 1.29 is 19.5 Å². The molecule has 0 aliphatic heterocycles. The van der Waals surface area contributed by atoms with Crippen molar-refractivity contribution in [1.29, 1.82) is 0 Å². The van der Waals surface area contributed by atoms with E-state index >= 15 is 0 Å². The molecule has 3 atom stereocenters. The van der Waals surface area contributed by atoms with Crippen LogP contribution in [0.15, 0.2) is 0 Å². The van der Waals surface area contributed by atoms with Crippen LogP contribution in [-0.4, -0.2) is 47.6 Å². The minimum atomic E-state index is -1.17. The highest BCUT2D eigenvalue weighted by atomic mass is 16.4. The second-order valence-electron chi connectivity index (χ2n) is 3.65. The predicted molar refractivity (Wildman–Crippen MR) is 59.9 cm³/mol. The second-order valence-corrected chi connectivity index (χ2v) is 3.65. The quantitative estimate of drug-likeness (QED) is 0.346. The Morgan fingerprint density at radius 3 is 2.06 bits per heavy atom. The number of carboxylic acids is 1. The largest absolute Gasteiger partial charge is 0.480 e. The maximum absolute atomic E-state index is 11.5. The summed E-state index contributed by atoms with van der Waals surface area (Å²) in [5.41, 5.74) is 10.6. The Balaban J connectivity index is 4.41. The van der Waals surface area contributed by atoms with Crippen LogP contribution in [0.5, 0.6) is 0 Å². The minimum Gasteiger partial charge on any atom is -0.480 e. The van der Waals surface area contributed by atoms with Crippen molar-refractivity contribution in [3.8, 4) is 0 Å². The molecule has 0 saturated carbocycles. The Bertz CT molecular complexity index is 305. The molecule has 2 amide bonds. The summed E-state index contributed by atoms with van der Waals surface area (Å²) in [5, 5.41) is 13.1. The minimum absolute atomic E-state index is 0.142. The first kappa shape index (κ1) is 15.3. The van der Waals surface area contributed by atoms with E-state index in [1.54, 1.807) is 0 Å². The molecule has 7 N–H and O–H groups in total. The first-order valence-corrected chi connectivity index (χ1v) is 5.08. The Morgan fingerprint density at radius 2 is 1.71 bits per heavy atom. The van der Waals surface area contributed by atoms with E-state index in [9.17, 15) is 14.4 Å². The molecule has 98 valence electrons. The van der Waals surface area contributed by atoms with E-state index in [2.05, 4.69) is 10.6 Å². The second kappa shape index (κ2) is 6.81. The molecule has 0 heterocycles. The lowest BCUT2D eigenvalue weighted by atomic mass is 10.2. The molecule has 8 heteroatoms. The molecular weight excluding hydrogens is 228 g/mol. The fraction of sp³-hybridized carbons (Fsp3) is 0.667. The standard InChI is InChI=1S/C9H18N4O4/c1-4(11)7(14)13-6(3-10)8(15)12-5(2)9(16)17/h4-6H,3,10-11H2,1-2H3,(H,12,15)(H,13,14)(H,16,17)/t4-,5-,6-/m0/s1. The summed E-state index contributed by atoms with van der Waals surface area (Å²) < 4.78 is 0. The van der Waals surface area contributed by atoms with E-state index in [0.717, 1.165) is 0 Å². The normalized spacial score (nSPS) is 15.5. The lowest BCUT2D eigenvalue weighted by Crippen LogP contribution is -2.56. The third-order valence-electron chi connectivity index (χ3n) is 2.01. The van der Waals surface area contributed by atoms with Crippen molar-refractivity contribution in [1.82, 2.24) is 10.6 Å². The van der Waals surface area contributed by atoms with Crippen LogP contribution in [0, 0.1) is 0 Å². The van der Waals surface area contributed by atoms with Crippen molar-refractivity contribution >= 4 is 17.8 Å². The lowest BCUT2D eigenvalue weighted by molar-refractivity contribution is -0.141. The van der Waals surface area contributed by atoms with Gasteiger partial charge in [-0.05, 0) is 13.8 Å². The van der Waals surface area contributed by atoms with Crippen molar-refractivity contribution in [2.24, 2.45) is 11.5 Å². The number of carbonyl (C=O) groups excluding carboxylic acids is 2. The molecule has 0 aliphatic rings. The number of rotatable bonds is 6. The van der Waals surface area contributed by atoms with Gasteiger partial charge in [0, 0.05) is 6.54 Å². The summed E-state index contributed by atoms with van der Waals surface area (Å²) in [6, 6.07) is -2.81. The predicted octanol–water partition coefficient (Wildman–Crippen LogP) is -2.63. The monoisotopic (exact) mass is 246 g/mol. The van der Waals surface area contributed by atoms with Gasteiger partial charge in [-0.3, -0.25) is 14.4 Å². The van der Waals surface area contributed by atoms with Gasteiger partial charge in [-0.25, -0.2) is 0 Å². The number of hydrogen-bond acceptors (Lipinski definition) is 5. The van der Waals surface area contributed by atoms with Crippen molar-refractivity contribution in [3.63, 3.8) is 0 Å². The van der Waals surface area contributed by atoms with E-state index in [-0.39, 0.29) is 6.54 Å². The number of aliphatic carboxylic acids is 1. The smallest absolute Gasteiger partial charge is 0.325 e. The van der Waals surface area contributed by atoms with Crippen LogP contribution >= 0.6 is 0 Å². The number of nitrogens with one attached hydrogen (secondary N) is 2. The highest BCUT2D eigenvalue weighted by Gasteiger charge is 2.23. The van der Waals surface area contributed by atoms with Crippen LogP contribution in [0.4, 0.5) is 0 Å². The molecule has 8 nitrogen and oxygen atoms in total. The summed E-state index contributed by atoms with van der Waals surface area (Å²) in [4.78, 5) is 33.3. The van der Waals surface area contributed by atoms with Crippen LogP contribution < -0.4 is 22.1 Å². The van der Waals surface area contributed by atoms with Crippen molar-refractivity contribution in [2.45, 2.75) is 32.0 Å². The van der Waals surface area contributed by atoms with E-state index < -0.39 is 35.9 Å². The zero-order chi connectivity index (χ0) is 13.6. The molecule has 0 aromatic rings. The van der Waals surface area contributed by atoms with Gasteiger partial charge in [0.1, 0.15) is 12.1 Å². The van der Waals surface area contributed by atoms with Crippen molar-refractivity contribution in [2.75, 3.05) is 6.54 Å². The molecule has 0 aliphatic carbocycles. The third kappa shape index (κ3) is 5.27. The van der Waals surface area contributed by atoms with Gasteiger partial charge in [0.05, 0.1) is 6.04 Å². The third-order valence-corrected chi connectivity index (χ3v) is 2.01. The molecule has 0 aromatic heterocycles. The summed E-state index contributed by atoms with van der Waals surface area (Å²) in [6.07, 6.45) is 0. The van der Waals surface area contributed by atoms with E-state index in [4.69, 9.17) is 16.6 Å². The van der Waals surface area contributed by atoms with Crippen LogP contribution in [-0.2, 0) is 14.4 Å². The summed E-state index contributed by atoms with van der Waals surface area (Å²) >= 11 is 0. The number of hydrogen-bond donors (Lipinski definition) is 5. The summed E-state index contributed by atoms with van der Waals surface area (Å²) in [7, 11) is 0. The fourth-order valence-corrected chi connectivity index (χ4v) is 0.910. The van der Waals surface area contributed by atoms with Gasteiger partial charge in [-0.1, -0.05) is 0 Å². The zero-order valence-electron chi connectivity index (χ0n) is 9.77. The zero-order valence-corrected chi connectivity index (χ0v) is 9.77. The van der Waals surface area contributed by atoms with Crippen LogP contribution in [0.25, 0.3) is 0 Å². The Hall–Kier alpha value is -1.67. The first-order valence-electron chi connectivity index (χ1n) is 5.08. The number of carbonyl (C=O) groups is 3. The molecule has 0 rings (SSSR count). The lowest BCUT2D eigenvalue weighted by Gasteiger charge is -2.19. The molecule has 0 fully saturated rings. The van der Waals surface area contributed by atoms with Gasteiger partial charge in [-0.2, -0.15) is 0 Å². The maximum Gasteiger partial charge on any atom is 0.325 e. The van der Waals surface area contributed by atoms with Gasteiger partial charge in [-0.15, -0.1) is 0 Å². The molecule has 0 bridgehead atoms. The average molecular weight is 246 g/mol. The van der Waals surface area contributed by atoms with Crippen LogP contribution in [0.2, 0.25) is 0 Å².